The highest BCUT2D eigenvalue weighted by Gasteiger charge is 2.10. The first-order valence-corrected chi connectivity index (χ1v) is 6.94. The quantitative estimate of drug-likeness (QED) is 0.691. The number of hydrogen-bond acceptors (Lipinski definition) is 4. The number of halogens is 1. The van der Waals surface area contributed by atoms with Gasteiger partial charge in [-0.05, 0) is 23.8 Å². The number of nitrogens with zero attached hydrogens (tertiary/aromatic N) is 2. The third-order valence-corrected chi connectivity index (χ3v) is 3.42. The second-order valence-electron chi connectivity index (χ2n) is 3.51. The van der Waals surface area contributed by atoms with Crippen molar-refractivity contribution in [1.82, 2.24) is 4.98 Å². The van der Waals surface area contributed by atoms with Gasteiger partial charge in [0.1, 0.15) is 11.6 Å². The molecule has 0 saturated heterocycles. The highest BCUT2D eigenvalue weighted by atomic mass is 79.9. The molecule has 0 saturated carbocycles. The van der Waals surface area contributed by atoms with E-state index in [0.717, 1.165) is 10.0 Å². The Balaban J connectivity index is 2.17. The molecule has 2 rings (SSSR count). The summed E-state index contributed by atoms with van der Waals surface area (Å²) in [4.78, 5) is 15.8. The van der Waals surface area contributed by atoms with Gasteiger partial charge in [0.15, 0.2) is 5.13 Å². The van der Waals surface area contributed by atoms with Crippen LogP contribution in [-0.4, -0.2) is 10.9 Å². The van der Waals surface area contributed by atoms with Gasteiger partial charge in [-0.1, -0.05) is 28.1 Å². The highest BCUT2D eigenvalue weighted by molar-refractivity contribution is 9.10. The van der Waals surface area contributed by atoms with Crippen LogP contribution in [0.3, 0.4) is 0 Å². The van der Waals surface area contributed by atoms with Crippen molar-refractivity contribution < 1.29 is 4.79 Å². The van der Waals surface area contributed by atoms with Gasteiger partial charge in [0.05, 0.1) is 0 Å². The first-order valence-electron chi connectivity index (χ1n) is 5.27. The smallest absolute Gasteiger partial charge is 0.268 e. The van der Waals surface area contributed by atoms with Crippen LogP contribution in [0.1, 0.15) is 5.56 Å². The largest absolute Gasteiger partial charge is 0.297 e. The van der Waals surface area contributed by atoms with Crippen molar-refractivity contribution in [3.8, 4) is 6.07 Å². The molecular formula is C13H8BrN3OS. The third kappa shape index (κ3) is 3.74. The fourth-order valence-electron chi connectivity index (χ4n) is 1.32. The first-order chi connectivity index (χ1) is 9.19. The van der Waals surface area contributed by atoms with Gasteiger partial charge < -0.3 is 0 Å². The molecule has 1 aromatic heterocycles. The van der Waals surface area contributed by atoms with Crippen LogP contribution in [0.2, 0.25) is 0 Å². The van der Waals surface area contributed by atoms with Crippen LogP contribution < -0.4 is 5.32 Å². The SMILES string of the molecule is N#C/C(=C/c1ccc(Br)cc1)C(=O)Nc1nccs1. The van der Waals surface area contributed by atoms with Gasteiger partial charge in [-0.15, -0.1) is 11.3 Å². The first kappa shape index (κ1) is 13.5. The Kier molecular flexibility index (Phi) is 4.44. The number of rotatable bonds is 3. The fraction of sp³-hybridized carbons (Fsp3) is 0. The molecule has 6 heteroatoms. The molecule has 0 unspecified atom stereocenters. The van der Waals surface area contributed by atoms with Crippen molar-refractivity contribution in [2.75, 3.05) is 5.32 Å². The number of aromatic nitrogens is 1. The molecular weight excluding hydrogens is 326 g/mol. The predicted molar refractivity (Wildman–Crippen MR) is 78.5 cm³/mol. The molecule has 0 aliphatic heterocycles. The van der Waals surface area contributed by atoms with E-state index in [1.165, 1.54) is 17.4 Å². The van der Waals surface area contributed by atoms with E-state index in [4.69, 9.17) is 5.26 Å². The molecule has 0 fully saturated rings. The number of benzene rings is 1. The molecule has 0 spiro atoms. The van der Waals surface area contributed by atoms with Gasteiger partial charge in [-0.3, -0.25) is 10.1 Å². The second kappa shape index (κ2) is 6.27. The number of hydrogen-bond donors (Lipinski definition) is 1. The molecule has 0 aliphatic carbocycles. The summed E-state index contributed by atoms with van der Waals surface area (Å²) in [5.41, 5.74) is 0.826. The molecule has 0 atom stereocenters. The van der Waals surface area contributed by atoms with Crippen LogP contribution >= 0.6 is 27.3 Å². The molecule has 0 radical (unpaired) electrons. The van der Waals surface area contributed by atoms with Crippen LogP contribution in [0, 0.1) is 11.3 Å². The van der Waals surface area contributed by atoms with Crippen LogP contribution in [0.4, 0.5) is 5.13 Å². The normalized spacial score (nSPS) is 10.8. The van der Waals surface area contributed by atoms with Gasteiger partial charge in [-0.2, -0.15) is 5.26 Å². The lowest BCUT2D eigenvalue weighted by Crippen LogP contribution is -2.13. The minimum absolute atomic E-state index is 0.0394. The summed E-state index contributed by atoms with van der Waals surface area (Å²) in [6.45, 7) is 0. The van der Waals surface area contributed by atoms with E-state index in [1.807, 2.05) is 30.3 Å². The Labute approximate surface area is 122 Å². The van der Waals surface area contributed by atoms with Gasteiger partial charge in [-0.25, -0.2) is 4.98 Å². The summed E-state index contributed by atoms with van der Waals surface area (Å²) in [5, 5.41) is 13.8. The number of anilines is 1. The number of nitriles is 1. The number of amides is 1. The number of thiazole rings is 1. The monoisotopic (exact) mass is 333 g/mol. The molecule has 4 nitrogen and oxygen atoms in total. The number of nitrogens with one attached hydrogen (secondary N) is 1. The lowest BCUT2D eigenvalue weighted by molar-refractivity contribution is -0.112. The summed E-state index contributed by atoms with van der Waals surface area (Å²) >= 11 is 4.63. The zero-order valence-corrected chi connectivity index (χ0v) is 12.0. The zero-order valence-electron chi connectivity index (χ0n) is 9.63. The van der Waals surface area contributed by atoms with Crippen molar-refractivity contribution in [3.63, 3.8) is 0 Å². The number of carbonyl (C=O) groups excluding carboxylic acids is 1. The average molecular weight is 334 g/mol. The Hall–Kier alpha value is -1.97. The minimum atomic E-state index is -0.458. The van der Waals surface area contributed by atoms with E-state index in [1.54, 1.807) is 11.6 Å². The molecule has 1 amide bonds. The van der Waals surface area contributed by atoms with Gasteiger partial charge in [0.2, 0.25) is 0 Å². The molecule has 1 N–H and O–H groups in total. The summed E-state index contributed by atoms with van der Waals surface area (Å²) in [6.07, 6.45) is 3.13. The van der Waals surface area contributed by atoms with Gasteiger partial charge in [0.25, 0.3) is 5.91 Å². The van der Waals surface area contributed by atoms with Gasteiger partial charge in [0, 0.05) is 16.0 Å². The van der Waals surface area contributed by atoms with Crippen molar-refractivity contribution in [1.29, 1.82) is 5.26 Å². The van der Waals surface area contributed by atoms with E-state index >= 15 is 0 Å². The summed E-state index contributed by atoms with van der Waals surface area (Å²) in [5.74, 6) is -0.458. The molecule has 19 heavy (non-hydrogen) atoms. The Morgan fingerprint density at radius 1 is 1.42 bits per heavy atom. The lowest BCUT2D eigenvalue weighted by atomic mass is 10.1. The summed E-state index contributed by atoms with van der Waals surface area (Å²) < 4.78 is 0.940. The summed E-state index contributed by atoms with van der Waals surface area (Å²) in [7, 11) is 0. The minimum Gasteiger partial charge on any atom is -0.297 e. The predicted octanol–water partition coefficient (Wildman–Crippen LogP) is 3.45. The molecule has 1 heterocycles. The molecule has 94 valence electrons. The van der Waals surface area contributed by atoms with Gasteiger partial charge >= 0.3 is 0 Å². The molecule has 0 bridgehead atoms. The van der Waals surface area contributed by atoms with Crippen molar-refractivity contribution in [3.05, 3.63) is 51.5 Å². The van der Waals surface area contributed by atoms with Crippen LogP contribution in [-0.2, 0) is 4.79 Å². The summed E-state index contributed by atoms with van der Waals surface area (Å²) in [6, 6.07) is 9.22. The zero-order chi connectivity index (χ0) is 13.7. The van der Waals surface area contributed by atoms with E-state index in [-0.39, 0.29) is 5.57 Å². The maximum absolute atomic E-state index is 11.9. The Bertz CT molecular complexity index is 642. The maximum Gasteiger partial charge on any atom is 0.268 e. The van der Waals surface area contributed by atoms with Crippen LogP contribution in [0.5, 0.6) is 0 Å². The van der Waals surface area contributed by atoms with E-state index in [9.17, 15) is 4.79 Å². The Morgan fingerprint density at radius 3 is 2.74 bits per heavy atom. The lowest BCUT2D eigenvalue weighted by Gasteiger charge is -2.00. The molecule has 1 aromatic carbocycles. The van der Waals surface area contributed by atoms with E-state index in [0.29, 0.717) is 5.13 Å². The topological polar surface area (TPSA) is 65.8 Å². The van der Waals surface area contributed by atoms with E-state index < -0.39 is 5.91 Å². The highest BCUT2D eigenvalue weighted by Crippen LogP contribution is 2.15. The van der Waals surface area contributed by atoms with Crippen molar-refractivity contribution >= 4 is 44.4 Å². The van der Waals surface area contributed by atoms with Crippen molar-refractivity contribution in [2.45, 2.75) is 0 Å². The third-order valence-electron chi connectivity index (χ3n) is 2.20. The standard InChI is InChI=1S/C13H8BrN3OS/c14-11-3-1-9(2-4-11)7-10(8-15)12(18)17-13-16-5-6-19-13/h1-7H,(H,16,17,18)/b10-7-. The second-order valence-corrected chi connectivity index (χ2v) is 5.32. The van der Waals surface area contributed by atoms with Crippen molar-refractivity contribution in [2.24, 2.45) is 0 Å². The fourth-order valence-corrected chi connectivity index (χ4v) is 2.11. The average Bonchev–Trinajstić information content (AvgIpc) is 2.90. The molecule has 2 aromatic rings. The van der Waals surface area contributed by atoms with Crippen LogP contribution in [0.25, 0.3) is 6.08 Å². The van der Waals surface area contributed by atoms with E-state index in [2.05, 4.69) is 26.2 Å². The Morgan fingerprint density at radius 2 is 2.16 bits per heavy atom. The van der Waals surface area contributed by atoms with Crippen LogP contribution in [0.15, 0.2) is 45.9 Å². The molecule has 0 aliphatic rings. The maximum atomic E-state index is 11.9. The number of carbonyl (C=O) groups is 1.